The Bertz CT molecular complexity index is 1050. The first-order chi connectivity index (χ1) is 15.9. The van der Waals surface area contributed by atoms with Crippen LogP contribution in [-0.4, -0.2) is 50.0 Å². The van der Waals surface area contributed by atoms with Gasteiger partial charge in [0.25, 0.3) is 0 Å². The second-order valence-corrected chi connectivity index (χ2v) is 11.0. The van der Waals surface area contributed by atoms with Crippen LogP contribution in [0, 0.1) is 0 Å². The van der Waals surface area contributed by atoms with Crippen molar-refractivity contribution in [3.63, 3.8) is 0 Å². The summed E-state index contributed by atoms with van der Waals surface area (Å²) < 4.78 is 26.4. The molecule has 0 spiro atoms. The van der Waals surface area contributed by atoms with E-state index in [4.69, 9.17) is 0 Å². The van der Waals surface area contributed by atoms with E-state index in [1.807, 2.05) is 63.2 Å². The molecule has 0 fully saturated rings. The number of hydrogen-bond acceptors (Lipinski definition) is 4. The lowest BCUT2D eigenvalue weighted by Gasteiger charge is -2.33. The molecule has 0 saturated heterocycles. The smallest absolute Gasteiger partial charge is 0.244 e. The van der Waals surface area contributed by atoms with Gasteiger partial charge in [0, 0.05) is 12.6 Å². The normalized spacial score (nSPS) is 12.5. The Balaban J connectivity index is 2.41. The number of carbonyl (C=O) groups is 2. The summed E-state index contributed by atoms with van der Waals surface area (Å²) in [7, 11) is -3.74. The molecule has 0 heterocycles. The minimum Gasteiger partial charge on any atom is -0.352 e. The fourth-order valence-corrected chi connectivity index (χ4v) is 4.57. The van der Waals surface area contributed by atoms with Gasteiger partial charge in [0.05, 0.1) is 11.9 Å². The number of sulfonamides is 1. The zero-order valence-electron chi connectivity index (χ0n) is 21.0. The van der Waals surface area contributed by atoms with Gasteiger partial charge in [0.1, 0.15) is 12.6 Å². The number of rotatable bonds is 11. The molecule has 0 radical (unpaired) electrons. The Morgan fingerprint density at radius 2 is 1.53 bits per heavy atom. The summed E-state index contributed by atoms with van der Waals surface area (Å²) in [5.74, 6) is -0.393. The average Bonchev–Trinajstić information content (AvgIpc) is 2.76. The topological polar surface area (TPSA) is 86.8 Å². The molecule has 186 valence electrons. The highest BCUT2D eigenvalue weighted by Gasteiger charge is 2.31. The summed E-state index contributed by atoms with van der Waals surface area (Å²) >= 11 is 0. The third-order valence-corrected chi connectivity index (χ3v) is 6.68. The van der Waals surface area contributed by atoms with Gasteiger partial charge < -0.3 is 10.2 Å². The molecule has 2 amide bonds. The molecule has 1 atom stereocenters. The number of carbonyl (C=O) groups excluding carboxylic acids is 2. The van der Waals surface area contributed by atoms with Crippen LogP contribution in [-0.2, 0) is 26.2 Å². The Morgan fingerprint density at radius 1 is 0.941 bits per heavy atom. The molecule has 0 aromatic heterocycles. The van der Waals surface area contributed by atoms with Crippen molar-refractivity contribution in [2.45, 2.75) is 65.6 Å². The maximum atomic E-state index is 13.6. The summed E-state index contributed by atoms with van der Waals surface area (Å²) in [5, 5.41) is 2.88. The zero-order valence-corrected chi connectivity index (χ0v) is 21.8. The van der Waals surface area contributed by atoms with Gasteiger partial charge in [-0.2, -0.15) is 0 Å². The molecule has 34 heavy (non-hydrogen) atoms. The molecule has 8 heteroatoms. The molecule has 0 aliphatic rings. The van der Waals surface area contributed by atoms with E-state index >= 15 is 0 Å². The minimum absolute atomic E-state index is 0.0813. The summed E-state index contributed by atoms with van der Waals surface area (Å²) in [6.07, 6.45) is 1.49. The van der Waals surface area contributed by atoms with E-state index in [2.05, 4.69) is 19.2 Å². The lowest BCUT2D eigenvalue weighted by Crippen LogP contribution is -2.53. The van der Waals surface area contributed by atoms with Crippen molar-refractivity contribution in [2.75, 3.05) is 17.1 Å². The number of benzene rings is 2. The minimum atomic E-state index is -3.74. The Morgan fingerprint density at radius 3 is 2.00 bits per heavy atom. The molecule has 7 nitrogen and oxygen atoms in total. The van der Waals surface area contributed by atoms with Crippen molar-refractivity contribution in [2.24, 2.45) is 0 Å². The van der Waals surface area contributed by atoms with Crippen LogP contribution in [0.4, 0.5) is 5.69 Å². The van der Waals surface area contributed by atoms with E-state index in [0.29, 0.717) is 18.0 Å². The van der Waals surface area contributed by atoms with Crippen LogP contribution in [0.3, 0.4) is 0 Å². The van der Waals surface area contributed by atoms with Crippen LogP contribution in [0.25, 0.3) is 0 Å². The van der Waals surface area contributed by atoms with Crippen molar-refractivity contribution in [1.82, 2.24) is 10.2 Å². The van der Waals surface area contributed by atoms with Crippen molar-refractivity contribution < 1.29 is 18.0 Å². The van der Waals surface area contributed by atoms with Gasteiger partial charge in [-0.1, -0.05) is 63.2 Å². The van der Waals surface area contributed by atoms with Crippen molar-refractivity contribution >= 4 is 27.5 Å². The fraction of sp³-hybridized carbons (Fsp3) is 0.462. The Hall–Kier alpha value is -2.87. The first-order valence-corrected chi connectivity index (χ1v) is 13.5. The van der Waals surface area contributed by atoms with E-state index in [9.17, 15) is 18.0 Å². The van der Waals surface area contributed by atoms with Crippen molar-refractivity contribution in [3.8, 4) is 0 Å². The third kappa shape index (κ3) is 7.58. The van der Waals surface area contributed by atoms with Crippen molar-refractivity contribution in [1.29, 1.82) is 0 Å². The first-order valence-electron chi connectivity index (χ1n) is 11.7. The fourth-order valence-electron chi connectivity index (χ4n) is 3.72. The number of nitrogens with zero attached hydrogens (tertiary/aromatic N) is 2. The molecule has 0 saturated carbocycles. The lowest BCUT2D eigenvalue weighted by atomic mass is 10.0. The quantitative estimate of drug-likeness (QED) is 0.521. The van der Waals surface area contributed by atoms with Crippen LogP contribution in [0.1, 0.15) is 58.1 Å². The Labute approximate surface area is 204 Å². The van der Waals surface area contributed by atoms with Gasteiger partial charge >= 0.3 is 0 Å². The molecule has 2 aromatic carbocycles. The SMILES string of the molecule is CCC(C(=O)NC(C)C)N(Cc1ccccc1)C(=O)CN(c1ccc(C(C)C)cc1)S(C)(=O)=O. The number of amides is 2. The van der Waals surface area contributed by atoms with Crippen LogP contribution in [0.2, 0.25) is 0 Å². The average molecular weight is 488 g/mol. The molecule has 0 aliphatic carbocycles. The maximum Gasteiger partial charge on any atom is 0.244 e. The third-order valence-electron chi connectivity index (χ3n) is 5.54. The van der Waals surface area contributed by atoms with E-state index in [1.165, 1.54) is 4.90 Å². The van der Waals surface area contributed by atoms with E-state index < -0.39 is 28.5 Å². The van der Waals surface area contributed by atoms with Crippen LogP contribution < -0.4 is 9.62 Å². The van der Waals surface area contributed by atoms with Gasteiger partial charge in [-0.25, -0.2) is 8.42 Å². The Kier molecular flexibility index (Phi) is 9.67. The summed E-state index contributed by atoms with van der Waals surface area (Å²) in [6, 6.07) is 15.7. The second kappa shape index (κ2) is 12.0. The molecule has 1 unspecified atom stereocenters. The van der Waals surface area contributed by atoms with E-state index in [1.54, 1.807) is 12.1 Å². The number of nitrogens with one attached hydrogen (secondary N) is 1. The zero-order chi connectivity index (χ0) is 25.5. The van der Waals surface area contributed by atoms with Gasteiger partial charge in [-0.05, 0) is 49.4 Å². The van der Waals surface area contributed by atoms with Crippen LogP contribution in [0.15, 0.2) is 54.6 Å². The standard InChI is InChI=1S/C26H37N3O4S/c1-7-24(26(31)27-20(4)5)28(17-21-11-9-8-10-12-21)25(30)18-29(34(6,32)33)23-15-13-22(14-16-23)19(2)3/h8-16,19-20,24H,7,17-18H2,1-6H3,(H,27,31). The van der Waals surface area contributed by atoms with Crippen LogP contribution in [0.5, 0.6) is 0 Å². The second-order valence-electron chi connectivity index (χ2n) is 9.11. The van der Waals surface area contributed by atoms with E-state index in [-0.39, 0.29) is 18.5 Å². The first kappa shape index (κ1) is 27.4. The predicted octanol–water partition coefficient (Wildman–Crippen LogP) is 3.91. The highest BCUT2D eigenvalue weighted by Crippen LogP contribution is 2.23. The summed E-state index contributed by atoms with van der Waals surface area (Å²) in [4.78, 5) is 28.0. The molecule has 2 aromatic rings. The molecule has 0 aliphatic heterocycles. The number of anilines is 1. The molecule has 0 bridgehead atoms. The maximum absolute atomic E-state index is 13.6. The molecule has 2 rings (SSSR count). The van der Waals surface area contributed by atoms with Gasteiger partial charge in [-0.15, -0.1) is 0 Å². The van der Waals surface area contributed by atoms with Gasteiger partial charge in [-0.3, -0.25) is 13.9 Å². The highest BCUT2D eigenvalue weighted by atomic mass is 32.2. The molecule has 1 N–H and O–H groups in total. The monoisotopic (exact) mass is 487 g/mol. The number of hydrogen-bond donors (Lipinski definition) is 1. The van der Waals surface area contributed by atoms with Gasteiger partial charge in [0.15, 0.2) is 0 Å². The van der Waals surface area contributed by atoms with Crippen molar-refractivity contribution in [3.05, 3.63) is 65.7 Å². The summed E-state index contributed by atoms with van der Waals surface area (Å²) in [5.41, 5.74) is 2.35. The van der Waals surface area contributed by atoms with Crippen LogP contribution >= 0.6 is 0 Å². The van der Waals surface area contributed by atoms with Gasteiger partial charge in [0.2, 0.25) is 21.8 Å². The largest absolute Gasteiger partial charge is 0.352 e. The molecular formula is C26H37N3O4S. The summed E-state index contributed by atoms with van der Waals surface area (Å²) in [6.45, 7) is 9.49. The predicted molar refractivity (Wildman–Crippen MR) is 137 cm³/mol. The molecular weight excluding hydrogens is 450 g/mol. The van der Waals surface area contributed by atoms with E-state index in [0.717, 1.165) is 21.7 Å². The highest BCUT2D eigenvalue weighted by molar-refractivity contribution is 7.92. The lowest BCUT2D eigenvalue weighted by molar-refractivity contribution is -0.140.